The van der Waals surface area contributed by atoms with Crippen LogP contribution in [0.5, 0.6) is 0 Å². The number of benzene rings is 1. The van der Waals surface area contributed by atoms with Crippen molar-refractivity contribution in [3.05, 3.63) is 51.7 Å². The Morgan fingerprint density at radius 2 is 2.00 bits per heavy atom. The van der Waals surface area contributed by atoms with Gasteiger partial charge in [-0.1, -0.05) is 18.2 Å². The molecule has 0 saturated carbocycles. The number of aryl methyl sites for hydroxylation is 1. The minimum Gasteiger partial charge on any atom is -0.354 e. The second-order valence-electron chi connectivity index (χ2n) is 7.45. The first-order valence-electron chi connectivity index (χ1n) is 9.90. The SMILES string of the molecule is CN=C(NCc1ccc(S(C)(=O)=O)c(C)c1)NCC(c1cccs1)N1CCCC1. The van der Waals surface area contributed by atoms with Crippen molar-refractivity contribution < 1.29 is 8.42 Å². The molecule has 8 heteroatoms. The molecule has 3 rings (SSSR count). The van der Waals surface area contributed by atoms with Crippen LogP contribution >= 0.6 is 11.3 Å². The number of aliphatic imine (C=N–C) groups is 1. The number of nitrogens with zero attached hydrogens (tertiary/aromatic N) is 2. The van der Waals surface area contributed by atoms with E-state index in [4.69, 9.17) is 0 Å². The molecule has 1 aromatic heterocycles. The average molecular weight is 435 g/mol. The minimum absolute atomic E-state index is 0.354. The van der Waals surface area contributed by atoms with Crippen LogP contribution in [0.15, 0.2) is 45.6 Å². The van der Waals surface area contributed by atoms with Gasteiger partial charge in [-0.2, -0.15) is 0 Å². The lowest BCUT2D eigenvalue weighted by molar-refractivity contribution is 0.249. The molecule has 0 spiro atoms. The number of rotatable bonds is 7. The molecule has 0 radical (unpaired) electrons. The Kier molecular flexibility index (Phi) is 7.32. The fourth-order valence-electron chi connectivity index (χ4n) is 3.78. The van der Waals surface area contributed by atoms with Crippen LogP contribution in [-0.4, -0.2) is 52.2 Å². The van der Waals surface area contributed by atoms with Crippen molar-refractivity contribution in [3.8, 4) is 0 Å². The topological polar surface area (TPSA) is 73.8 Å². The number of guanidine groups is 1. The lowest BCUT2D eigenvalue weighted by Gasteiger charge is -2.27. The van der Waals surface area contributed by atoms with Crippen LogP contribution in [0.1, 0.15) is 34.9 Å². The molecule has 158 valence electrons. The summed E-state index contributed by atoms with van der Waals surface area (Å²) in [6.07, 6.45) is 3.76. The molecule has 1 aliphatic rings. The third-order valence-electron chi connectivity index (χ3n) is 5.24. The Labute approximate surface area is 178 Å². The highest BCUT2D eigenvalue weighted by molar-refractivity contribution is 7.90. The van der Waals surface area contributed by atoms with Crippen molar-refractivity contribution in [3.63, 3.8) is 0 Å². The fourth-order valence-corrected chi connectivity index (χ4v) is 5.60. The van der Waals surface area contributed by atoms with E-state index in [1.807, 2.05) is 19.1 Å². The Hall–Kier alpha value is -1.90. The molecule has 2 aromatic rings. The van der Waals surface area contributed by atoms with E-state index in [1.165, 1.54) is 24.0 Å². The highest BCUT2D eigenvalue weighted by Gasteiger charge is 2.24. The molecule has 1 saturated heterocycles. The molecule has 1 atom stereocenters. The molecule has 2 N–H and O–H groups in total. The third kappa shape index (κ3) is 5.81. The van der Waals surface area contributed by atoms with Gasteiger partial charge >= 0.3 is 0 Å². The van der Waals surface area contributed by atoms with Crippen LogP contribution in [0.25, 0.3) is 0 Å². The van der Waals surface area contributed by atoms with E-state index in [0.29, 0.717) is 17.5 Å². The summed E-state index contributed by atoms with van der Waals surface area (Å²) >= 11 is 1.80. The molecule has 0 amide bonds. The van der Waals surface area contributed by atoms with Crippen LogP contribution in [-0.2, 0) is 16.4 Å². The van der Waals surface area contributed by atoms with Crippen molar-refractivity contribution in [2.45, 2.75) is 37.2 Å². The molecule has 1 fully saturated rings. The van der Waals surface area contributed by atoms with Crippen LogP contribution in [0, 0.1) is 6.92 Å². The average Bonchev–Trinajstić information content (AvgIpc) is 3.38. The maximum absolute atomic E-state index is 11.8. The van der Waals surface area contributed by atoms with Crippen molar-refractivity contribution >= 4 is 27.1 Å². The van der Waals surface area contributed by atoms with Gasteiger partial charge in [0.1, 0.15) is 0 Å². The summed E-state index contributed by atoms with van der Waals surface area (Å²) in [4.78, 5) is 8.65. The molecule has 6 nitrogen and oxygen atoms in total. The first-order valence-corrected chi connectivity index (χ1v) is 12.7. The van der Waals surface area contributed by atoms with Gasteiger partial charge in [0.2, 0.25) is 0 Å². The van der Waals surface area contributed by atoms with E-state index < -0.39 is 9.84 Å². The van der Waals surface area contributed by atoms with Gasteiger partial charge in [-0.05, 0) is 61.5 Å². The molecular formula is C21H30N4O2S2. The first kappa shape index (κ1) is 21.8. The maximum Gasteiger partial charge on any atom is 0.191 e. The first-order chi connectivity index (χ1) is 13.9. The second-order valence-corrected chi connectivity index (χ2v) is 10.4. The molecule has 0 bridgehead atoms. The highest BCUT2D eigenvalue weighted by atomic mass is 32.2. The quantitative estimate of drug-likeness (QED) is 0.518. The molecule has 1 aromatic carbocycles. The minimum atomic E-state index is -3.19. The number of hydrogen-bond donors (Lipinski definition) is 2. The lowest BCUT2D eigenvalue weighted by atomic mass is 10.1. The summed E-state index contributed by atoms with van der Waals surface area (Å²) in [6, 6.07) is 10.1. The van der Waals surface area contributed by atoms with E-state index in [2.05, 4.69) is 38.0 Å². The van der Waals surface area contributed by atoms with Gasteiger partial charge in [0.05, 0.1) is 10.9 Å². The number of sulfone groups is 1. The van der Waals surface area contributed by atoms with E-state index in [-0.39, 0.29) is 0 Å². The summed E-state index contributed by atoms with van der Waals surface area (Å²) < 4.78 is 23.6. The van der Waals surface area contributed by atoms with Crippen molar-refractivity contribution in [2.24, 2.45) is 4.99 Å². The standard InChI is InChI=1S/C21H30N4O2S2/c1-16-13-17(8-9-20(16)29(3,26)27)14-23-21(22-2)24-15-18(19-7-6-12-28-19)25-10-4-5-11-25/h6-9,12-13,18H,4-5,10-11,14-15H2,1-3H3,(H2,22,23,24). The summed E-state index contributed by atoms with van der Waals surface area (Å²) in [5, 5.41) is 8.93. The summed E-state index contributed by atoms with van der Waals surface area (Å²) in [7, 11) is -1.43. The fraction of sp³-hybridized carbons (Fsp3) is 0.476. The Morgan fingerprint density at radius 1 is 1.24 bits per heavy atom. The van der Waals surface area contributed by atoms with E-state index in [9.17, 15) is 8.42 Å². The van der Waals surface area contributed by atoms with Crippen LogP contribution in [0.3, 0.4) is 0 Å². The Morgan fingerprint density at radius 3 is 2.59 bits per heavy atom. The molecular weight excluding hydrogens is 404 g/mol. The highest BCUT2D eigenvalue weighted by Crippen LogP contribution is 2.27. The molecule has 2 heterocycles. The van der Waals surface area contributed by atoms with Crippen LogP contribution < -0.4 is 10.6 Å². The zero-order chi connectivity index (χ0) is 20.9. The third-order valence-corrected chi connectivity index (χ3v) is 7.47. The van der Waals surface area contributed by atoms with E-state index in [1.54, 1.807) is 24.5 Å². The number of likely N-dealkylation sites (tertiary alicyclic amines) is 1. The maximum atomic E-state index is 11.8. The van der Waals surface area contributed by atoms with Crippen molar-refractivity contribution in [2.75, 3.05) is 32.9 Å². The van der Waals surface area contributed by atoms with Crippen LogP contribution in [0.4, 0.5) is 0 Å². The predicted octanol–water partition coefficient (Wildman–Crippen LogP) is 2.96. The van der Waals surface area contributed by atoms with Gasteiger partial charge in [-0.25, -0.2) is 8.42 Å². The van der Waals surface area contributed by atoms with Crippen molar-refractivity contribution in [1.29, 1.82) is 0 Å². The second kappa shape index (κ2) is 9.73. The summed E-state index contributed by atoms with van der Waals surface area (Å²) in [6.45, 7) is 5.49. The number of hydrogen-bond acceptors (Lipinski definition) is 5. The molecule has 0 aliphatic carbocycles. The number of nitrogens with one attached hydrogen (secondary N) is 2. The smallest absolute Gasteiger partial charge is 0.191 e. The lowest BCUT2D eigenvalue weighted by Crippen LogP contribution is -2.42. The summed E-state index contributed by atoms with van der Waals surface area (Å²) in [5.41, 5.74) is 1.79. The van der Waals surface area contributed by atoms with E-state index in [0.717, 1.165) is 36.7 Å². The van der Waals surface area contributed by atoms with Gasteiger partial charge in [0, 0.05) is 31.3 Å². The van der Waals surface area contributed by atoms with Gasteiger partial charge in [-0.15, -0.1) is 11.3 Å². The zero-order valence-corrected chi connectivity index (χ0v) is 18.9. The normalized spacial score (nSPS) is 16.7. The molecule has 1 unspecified atom stereocenters. The van der Waals surface area contributed by atoms with Gasteiger partial charge < -0.3 is 10.6 Å². The Bertz CT molecular complexity index is 934. The summed E-state index contributed by atoms with van der Waals surface area (Å²) in [5.74, 6) is 0.746. The van der Waals surface area contributed by atoms with Gasteiger partial charge in [0.15, 0.2) is 15.8 Å². The largest absolute Gasteiger partial charge is 0.354 e. The zero-order valence-electron chi connectivity index (χ0n) is 17.3. The number of thiophene rings is 1. The molecule has 1 aliphatic heterocycles. The van der Waals surface area contributed by atoms with Crippen LogP contribution in [0.2, 0.25) is 0 Å². The molecule has 29 heavy (non-hydrogen) atoms. The van der Waals surface area contributed by atoms with E-state index >= 15 is 0 Å². The Balaban J connectivity index is 1.60. The van der Waals surface area contributed by atoms with Gasteiger partial charge in [0.25, 0.3) is 0 Å². The predicted molar refractivity (Wildman–Crippen MR) is 120 cm³/mol. The monoisotopic (exact) mass is 434 g/mol. The van der Waals surface area contributed by atoms with Gasteiger partial charge in [-0.3, -0.25) is 9.89 Å². The van der Waals surface area contributed by atoms with Crippen molar-refractivity contribution in [1.82, 2.24) is 15.5 Å².